The molecular weight excluding hydrogens is 393 g/mol. The van der Waals surface area contributed by atoms with Gasteiger partial charge in [-0.2, -0.15) is 0 Å². The highest BCUT2D eigenvalue weighted by Gasteiger charge is 2.30. The van der Waals surface area contributed by atoms with E-state index in [1.807, 2.05) is 67.6 Å². The van der Waals surface area contributed by atoms with E-state index >= 15 is 0 Å². The zero-order chi connectivity index (χ0) is 21.1. The molecule has 3 aromatic carbocycles. The molecule has 0 atom stereocenters. The summed E-state index contributed by atoms with van der Waals surface area (Å²) in [6.07, 6.45) is 0. The zero-order valence-corrected chi connectivity index (χ0v) is 17.8. The van der Waals surface area contributed by atoms with Crippen LogP contribution in [0.1, 0.15) is 5.56 Å². The minimum Gasteiger partial charge on any atom is -0.437 e. The quantitative estimate of drug-likeness (QED) is 0.445. The topological polar surface area (TPSA) is 48.3 Å². The van der Waals surface area contributed by atoms with Gasteiger partial charge in [0.2, 0.25) is 0 Å². The lowest BCUT2D eigenvalue weighted by atomic mass is 10.0. The van der Waals surface area contributed by atoms with Gasteiger partial charge in [0.15, 0.2) is 0 Å². The molecule has 30 heavy (non-hydrogen) atoms. The van der Waals surface area contributed by atoms with Crippen LogP contribution in [0.5, 0.6) is 5.75 Å². The van der Waals surface area contributed by atoms with Gasteiger partial charge in [-0.15, -0.1) is 0 Å². The number of benzene rings is 3. The summed E-state index contributed by atoms with van der Waals surface area (Å²) in [6, 6.07) is 29.2. The standard InChI is InChI=1S/C25H22NO3P/c1-19-11-9-10-16-23(19)24-17-20(18-25(27)26(24)2)29-30(28,21-12-5-3-6-13-21)22-14-7-4-8-15-22/h3-18H,1-2H3. The third kappa shape index (κ3) is 3.74. The molecule has 0 unspecified atom stereocenters. The van der Waals surface area contributed by atoms with Gasteiger partial charge in [-0.05, 0) is 36.8 Å². The maximum absolute atomic E-state index is 14.2. The lowest BCUT2D eigenvalue weighted by Gasteiger charge is -2.21. The smallest absolute Gasteiger partial charge is 0.306 e. The van der Waals surface area contributed by atoms with Crippen molar-refractivity contribution in [2.24, 2.45) is 7.05 Å². The number of pyridine rings is 1. The first-order valence-corrected chi connectivity index (χ1v) is 11.3. The van der Waals surface area contributed by atoms with E-state index in [2.05, 4.69) is 0 Å². The Hall–Kier alpha value is -3.36. The van der Waals surface area contributed by atoms with E-state index in [4.69, 9.17) is 4.52 Å². The Balaban J connectivity index is 1.87. The minimum atomic E-state index is -3.45. The lowest BCUT2D eigenvalue weighted by molar-refractivity contribution is 0.501. The van der Waals surface area contributed by atoms with Gasteiger partial charge < -0.3 is 9.09 Å². The SMILES string of the molecule is Cc1ccccc1-c1cc(OP(=O)(c2ccccc2)c2ccccc2)cc(=O)n1C. The first-order valence-electron chi connectivity index (χ1n) is 9.67. The third-order valence-electron chi connectivity index (χ3n) is 5.08. The summed E-state index contributed by atoms with van der Waals surface area (Å²) in [6.45, 7) is 1.99. The van der Waals surface area contributed by atoms with E-state index in [0.717, 1.165) is 11.1 Å². The Morgan fingerprint density at radius 3 is 1.87 bits per heavy atom. The van der Waals surface area contributed by atoms with Gasteiger partial charge in [0.25, 0.3) is 5.56 Å². The van der Waals surface area contributed by atoms with E-state index in [1.165, 1.54) is 6.07 Å². The van der Waals surface area contributed by atoms with Crippen LogP contribution in [0, 0.1) is 6.92 Å². The van der Waals surface area contributed by atoms with Crippen LogP contribution in [0.15, 0.2) is 102 Å². The molecule has 0 aliphatic carbocycles. The van der Waals surface area contributed by atoms with Crippen LogP contribution in [0.4, 0.5) is 0 Å². The summed E-state index contributed by atoms with van der Waals surface area (Å²) < 4.78 is 21.9. The molecule has 0 N–H and O–H groups in total. The Bertz CT molecular complexity index is 1240. The van der Waals surface area contributed by atoms with Crippen LogP contribution < -0.4 is 20.7 Å². The van der Waals surface area contributed by atoms with Gasteiger partial charge in [-0.1, -0.05) is 60.7 Å². The largest absolute Gasteiger partial charge is 0.437 e. The van der Waals surface area contributed by atoms with Crippen LogP contribution in [0.25, 0.3) is 11.3 Å². The molecule has 5 heteroatoms. The maximum Gasteiger partial charge on any atom is 0.306 e. The number of hydrogen-bond donors (Lipinski definition) is 0. The first-order chi connectivity index (χ1) is 14.5. The molecule has 4 aromatic rings. The predicted molar refractivity (Wildman–Crippen MR) is 122 cm³/mol. The summed E-state index contributed by atoms with van der Waals surface area (Å²) in [5, 5.41) is 1.16. The summed E-state index contributed by atoms with van der Waals surface area (Å²) in [5.74, 6) is 0.285. The Morgan fingerprint density at radius 2 is 1.30 bits per heavy atom. The maximum atomic E-state index is 14.2. The molecule has 0 radical (unpaired) electrons. The van der Waals surface area contributed by atoms with Gasteiger partial charge in [0.05, 0.1) is 16.3 Å². The van der Waals surface area contributed by atoms with Crippen molar-refractivity contribution in [2.45, 2.75) is 6.92 Å². The molecule has 4 rings (SSSR count). The molecule has 4 nitrogen and oxygen atoms in total. The third-order valence-corrected chi connectivity index (χ3v) is 7.51. The molecule has 0 saturated carbocycles. The van der Waals surface area contributed by atoms with Crippen molar-refractivity contribution in [1.29, 1.82) is 0 Å². The summed E-state index contributed by atoms with van der Waals surface area (Å²) >= 11 is 0. The molecule has 0 bridgehead atoms. The monoisotopic (exact) mass is 415 g/mol. The fraction of sp³-hybridized carbons (Fsp3) is 0.0800. The van der Waals surface area contributed by atoms with Crippen molar-refractivity contribution in [1.82, 2.24) is 4.57 Å². The highest BCUT2D eigenvalue weighted by molar-refractivity contribution is 7.74. The van der Waals surface area contributed by atoms with Crippen molar-refractivity contribution in [3.8, 4) is 17.0 Å². The van der Waals surface area contributed by atoms with Crippen molar-refractivity contribution in [3.05, 3.63) is 113 Å². The molecule has 0 saturated heterocycles. The molecule has 0 fully saturated rings. The second kappa shape index (κ2) is 8.17. The van der Waals surface area contributed by atoms with Gasteiger partial charge in [-0.25, -0.2) is 0 Å². The molecular formula is C25H22NO3P. The highest BCUT2D eigenvalue weighted by atomic mass is 31.2. The van der Waals surface area contributed by atoms with Crippen molar-refractivity contribution in [2.75, 3.05) is 0 Å². The lowest BCUT2D eigenvalue weighted by Crippen LogP contribution is -2.22. The first kappa shape index (κ1) is 19.9. The van der Waals surface area contributed by atoms with Crippen LogP contribution in [0.3, 0.4) is 0 Å². The van der Waals surface area contributed by atoms with E-state index in [9.17, 15) is 9.36 Å². The molecule has 0 amide bonds. The van der Waals surface area contributed by atoms with Crippen molar-refractivity contribution < 1.29 is 9.09 Å². The van der Waals surface area contributed by atoms with Gasteiger partial charge in [-0.3, -0.25) is 9.36 Å². The number of nitrogens with zero attached hydrogens (tertiary/aromatic N) is 1. The van der Waals surface area contributed by atoms with Gasteiger partial charge >= 0.3 is 7.37 Å². The second-order valence-electron chi connectivity index (χ2n) is 7.10. The summed E-state index contributed by atoms with van der Waals surface area (Å²) in [4.78, 5) is 12.7. The molecule has 0 aliphatic rings. The Labute approximate surface area is 175 Å². The predicted octanol–water partition coefficient (Wildman–Crippen LogP) is 4.67. The highest BCUT2D eigenvalue weighted by Crippen LogP contribution is 2.45. The van der Waals surface area contributed by atoms with Gasteiger partial charge in [0, 0.05) is 24.7 Å². The average molecular weight is 415 g/mol. The molecule has 1 heterocycles. The van der Waals surface area contributed by atoms with E-state index < -0.39 is 7.37 Å². The van der Waals surface area contributed by atoms with Crippen LogP contribution in [-0.4, -0.2) is 4.57 Å². The Morgan fingerprint density at radius 1 is 0.767 bits per heavy atom. The van der Waals surface area contributed by atoms with Crippen LogP contribution in [-0.2, 0) is 11.6 Å². The molecule has 0 spiro atoms. The zero-order valence-electron chi connectivity index (χ0n) is 16.9. The number of aromatic nitrogens is 1. The van der Waals surface area contributed by atoms with Gasteiger partial charge in [0.1, 0.15) is 5.75 Å². The van der Waals surface area contributed by atoms with E-state index in [0.29, 0.717) is 16.3 Å². The number of aryl methyl sites for hydroxylation is 1. The average Bonchev–Trinajstić information content (AvgIpc) is 2.78. The minimum absolute atomic E-state index is 0.224. The van der Waals surface area contributed by atoms with Crippen molar-refractivity contribution in [3.63, 3.8) is 0 Å². The number of hydrogen-bond acceptors (Lipinski definition) is 3. The van der Waals surface area contributed by atoms with E-state index in [1.54, 1.807) is 41.9 Å². The fourth-order valence-corrected chi connectivity index (χ4v) is 5.47. The molecule has 1 aromatic heterocycles. The second-order valence-corrected chi connectivity index (χ2v) is 9.42. The summed E-state index contributed by atoms with van der Waals surface area (Å²) in [5.41, 5.74) is 2.46. The fourth-order valence-electron chi connectivity index (χ4n) is 3.43. The van der Waals surface area contributed by atoms with Crippen molar-refractivity contribution >= 4 is 18.0 Å². The Kier molecular flexibility index (Phi) is 5.43. The molecule has 150 valence electrons. The summed E-state index contributed by atoms with van der Waals surface area (Å²) in [7, 11) is -1.73. The normalized spacial score (nSPS) is 11.3. The molecule has 0 aliphatic heterocycles. The van der Waals surface area contributed by atoms with Crippen LogP contribution in [0.2, 0.25) is 0 Å². The van der Waals surface area contributed by atoms with E-state index in [-0.39, 0.29) is 11.3 Å². The van der Waals surface area contributed by atoms with Crippen LogP contribution >= 0.6 is 7.37 Å². The number of rotatable bonds is 5.